The summed E-state index contributed by atoms with van der Waals surface area (Å²) in [7, 11) is 0. The number of carbonyl (C=O) groups is 1. The van der Waals surface area contributed by atoms with Crippen molar-refractivity contribution in [3.05, 3.63) is 21.3 Å². The van der Waals surface area contributed by atoms with Crippen LogP contribution >= 0.6 is 22.9 Å². The van der Waals surface area contributed by atoms with E-state index in [0.29, 0.717) is 6.54 Å². The molecule has 14 heavy (non-hydrogen) atoms. The third kappa shape index (κ3) is 2.19. The predicted octanol–water partition coefficient (Wildman–Crippen LogP) is 2.32. The molecular formula is C9H11ClN2OS. The van der Waals surface area contributed by atoms with Gasteiger partial charge in [0.1, 0.15) is 0 Å². The lowest BCUT2D eigenvalue weighted by molar-refractivity contribution is 0.184. The Kier molecular flexibility index (Phi) is 2.93. The number of hydrogen-bond acceptors (Lipinski definition) is 2. The first-order chi connectivity index (χ1) is 6.75. The molecule has 0 radical (unpaired) electrons. The number of thiophene rings is 1. The maximum Gasteiger partial charge on any atom is 0.317 e. The zero-order valence-corrected chi connectivity index (χ0v) is 9.20. The van der Waals surface area contributed by atoms with Gasteiger partial charge in [-0.2, -0.15) is 0 Å². The zero-order chi connectivity index (χ0) is 9.97. The molecule has 0 spiro atoms. The Morgan fingerprint density at radius 3 is 3.07 bits per heavy atom. The van der Waals surface area contributed by atoms with Gasteiger partial charge in [-0.25, -0.2) is 4.79 Å². The van der Waals surface area contributed by atoms with E-state index < -0.39 is 0 Å². The van der Waals surface area contributed by atoms with Crippen LogP contribution in [-0.2, 0) is 6.54 Å². The standard InChI is InChI=1S/C9H11ClN2OS/c10-8-3-2-7(14-8)6-12-5-1-4-11-9(12)13/h2-3H,1,4-6H2,(H,11,13). The van der Waals surface area contributed by atoms with Crippen molar-refractivity contribution in [1.82, 2.24) is 10.2 Å². The Balaban J connectivity index is 1.99. The van der Waals surface area contributed by atoms with Crippen LogP contribution in [-0.4, -0.2) is 24.0 Å². The number of halogens is 1. The van der Waals surface area contributed by atoms with Gasteiger partial charge in [0.05, 0.1) is 10.9 Å². The van der Waals surface area contributed by atoms with Crippen LogP contribution < -0.4 is 5.32 Å². The molecule has 0 saturated carbocycles. The second-order valence-corrected chi connectivity index (χ2v) is 5.01. The molecule has 0 aliphatic carbocycles. The van der Waals surface area contributed by atoms with Crippen molar-refractivity contribution < 1.29 is 4.79 Å². The smallest absolute Gasteiger partial charge is 0.317 e. The second kappa shape index (κ2) is 4.19. The first kappa shape index (κ1) is 9.80. The lowest BCUT2D eigenvalue weighted by Gasteiger charge is -2.26. The quantitative estimate of drug-likeness (QED) is 0.831. The van der Waals surface area contributed by atoms with E-state index in [0.717, 1.165) is 28.7 Å². The van der Waals surface area contributed by atoms with Crippen LogP contribution in [0.3, 0.4) is 0 Å². The molecular weight excluding hydrogens is 220 g/mol. The molecule has 1 aromatic rings. The summed E-state index contributed by atoms with van der Waals surface area (Å²) in [5.41, 5.74) is 0. The van der Waals surface area contributed by atoms with Crippen molar-refractivity contribution in [1.29, 1.82) is 0 Å². The van der Waals surface area contributed by atoms with Gasteiger partial charge >= 0.3 is 6.03 Å². The Hall–Kier alpha value is -0.740. The molecule has 0 atom stereocenters. The molecule has 1 aliphatic heterocycles. The van der Waals surface area contributed by atoms with Gasteiger partial charge in [0.25, 0.3) is 0 Å². The van der Waals surface area contributed by atoms with Gasteiger partial charge in [-0.1, -0.05) is 11.6 Å². The van der Waals surface area contributed by atoms with Crippen LogP contribution in [0.5, 0.6) is 0 Å². The van der Waals surface area contributed by atoms with Gasteiger partial charge in [0, 0.05) is 18.0 Å². The fourth-order valence-electron chi connectivity index (χ4n) is 1.45. The van der Waals surface area contributed by atoms with Gasteiger partial charge in [-0.3, -0.25) is 0 Å². The maximum atomic E-state index is 11.4. The number of amides is 2. The van der Waals surface area contributed by atoms with Crippen LogP contribution in [0.4, 0.5) is 4.79 Å². The van der Waals surface area contributed by atoms with Gasteiger partial charge in [0.2, 0.25) is 0 Å². The third-order valence-corrected chi connectivity index (χ3v) is 3.36. The zero-order valence-electron chi connectivity index (χ0n) is 7.62. The van der Waals surface area contributed by atoms with E-state index in [1.165, 1.54) is 11.3 Å². The summed E-state index contributed by atoms with van der Waals surface area (Å²) in [6.07, 6.45) is 1.02. The minimum Gasteiger partial charge on any atom is -0.338 e. The maximum absolute atomic E-state index is 11.4. The molecule has 1 fully saturated rings. The van der Waals surface area contributed by atoms with Crippen LogP contribution in [0.1, 0.15) is 11.3 Å². The molecule has 2 rings (SSSR count). The Morgan fingerprint density at radius 2 is 2.43 bits per heavy atom. The predicted molar refractivity (Wildman–Crippen MR) is 57.8 cm³/mol. The number of urea groups is 1. The largest absolute Gasteiger partial charge is 0.338 e. The fourth-order valence-corrected chi connectivity index (χ4v) is 2.56. The van der Waals surface area contributed by atoms with Crippen LogP contribution in [0.2, 0.25) is 4.34 Å². The van der Waals surface area contributed by atoms with Crippen molar-refractivity contribution in [2.75, 3.05) is 13.1 Å². The first-order valence-corrected chi connectivity index (χ1v) is 5.72. The van der Waals surface area contributed by atoms with E-state index in [9.17, 15) is 4.79 Å². The summed E-state index contributed by atoms with van der Waals surface area (Å²) >= 11 is 7.34. The molecule has 0 aromatic carbocycles. The van der Waals surface area contributed by atoms with Gasteiger partial charge in [-0.05, 0) is 18.6 Å². The average molecular weight is 231 g/mol. The molecule has 1 saturated heterocycles. The van der Waals surface area contributed by atoms with Crippen molar-refractivity contribution in [2.24, 2.45) is 0 Å². The van der Waals surface area contributed by atoms with Crippen LogP contribution in [0.25, 0.3) is 0 Å². The molecule has 5 heteroatoms. The van der Waals surface area contributed by atoms with Crippen molar-refractivity contribution in [3.8, 4) is 0 Å². The SMILES string of the molecule is O=C1NCCCN1Cc1ccc(Cl)s1. The number of nitrogens with zero attached hydrogens (tertiary/aromatic N) is 1. The minimum absolute atomic E-state index is 0.0285. The summed E-state index contributed by atoms with van der Waals surface area (Å²) in [6, 6.07) is 3.86. The molecule has 0 bridgehead atoms. The summed E-state index contributed by atoms with van der Waals surface area (Å²) in [6.45, 7) is 2.30. The summed E-state index contributed by atoms with van der Waals surface area (Å²) in [4.78, 5) is 14.3. The fraction of sp³-hybridized carbons (Fsp3) is 0.444. The van der Waals surface area contributed by atoms with Crippen molar-refractivity contribution >= 4 is 29.0 Å². The van der Waals surface area contributed by atoms with E-state index in [-0.39, 0.29) is 6.03 Å². The second-order valence-electron chi connectivity index (χ2n) is 3.21. The molecule has 3 nitrogen and oxygen atoms in total. The van der Waals surface area contributed by atoms with Gasteiger partial charge < -0.3 is 10.2 Å². The minimum atomic E-state index is 0.0285. The van der Waals surface area contributed by atoms with Gasteiger partial charge in [-0.15, -0.1) is 11.3 Å². The molecule has 0 unspecified atom stereocenters. The molecule has 76 valence electrons. The Bertz CT molecular complexity index is 339. The molecule has 1 aliphatic rings. The average Bonchev–Trinajstić information content (AvgIpc) is 2.56. The molecule has 2 amide bonds. The van der Waals surface area contributed by atoms with E-state index >= 15 is 0 Å². The monoisotopic (exact) mass is 230 g/mol. The highest BCUT2D eigenvalue weighted by molar-refractivity contribution is 7.16. The number of carbonyl (C=O) groups excluding carboxylic acids is 1. The number of rotatable bonds is 2. The Labute approximate surface area is 91.7 Å². The molecule has 2 heterocycles. The lowest BCUT2D eigenvalue weighted by Crippen LogP contribution is -2.45. The number of hydrogen-bond donors (Lipinski definition) is 1. The van der Waals surface area contributed by atoms with E-state index in [1.807, 2.05) is 17.0 Å². The third-order valence-electron chi connectivity index (χ3n) is 2.14. The van der Waals surface area contributed by atoms with E-state index in [2.05, 4.69) is 5.32 Å². The topological polar surface area (TPSA) is 32.3 Å². The van der Waals surface area contributed by atoms with E-state index in [1.54, 1.807) is 0 Å². The molecule has 1 N–H and O–H groups in total. The summed E-state index contributed by atoms with van der Waals surface area (Å²) < 4.78 is 0.775. The first-order valence-electron chi connectivity index (χ1n) is 4.53. The van der Waals surface area contributed by atoms with Crippen molar-refractivity contribution in [2.45, 2.75) is 13.0 Å². The van der Waals surface area contributed by atoms with E-state index in [4.69, 9.17) is 11.6 Å². The van der Waals surface area contributed by atoms with Crippen LogP contribution in [0, 0.1) is 0 Å². The van der Waals surface area contributed by atoms with Crippen LogP contribution in [0.15, 0.2) is 12.1 Å². The Morgan fingerprint density at radius 1 is 1.57 bits per heavy atom. The van der Waals surface area contributed by atoms with Gasteiger partial charge in [0.15, 0.2) is 0 Å². The molecule has 1 aromatic heterocycles. The highest BCUT2D eigenvalue weighted by Crippen LogP contribution is 2.23. The summed E-state index contributed by atoms with van der Waals surface area (Å²) in [5.74, 6) is 0. The lowest BCUT2D eigenvalue weighted by atomic mass is 10.3. The summed E-state index contributed by atoms with van der Waals surface area (Å²) in [5, 5.41) is 2.82. The highest BCUT2D eigenvalue weighted by atomic mass is 35.5. The highest BCUT2D eigenvalue weighted by Gasteiger charge is 2.17. The van der Waals surface area contributed by atoms with Crippen molar-refractivity contribution in [3.63, 3.8) is 0 Å². The normalized spacial score (nSPS) is 16.9. The number of nitrogens with one attached hydrogen (secondary N) is 1.